The van der Waals surface area contributed by atoms with E-state index in [0.29, 0.717) is 19.5 Å². The first-order chi connectivity index (χ1) is 7.51. The molecule has 0 bridgehead atoms. The summed E-state index contributed by atoms with van der Waals surface area (Å²) in [7, 11) is 1.33. The third kappa shape index (κ3) is 4.16. The lowest BCUT2D eigenvalue weighted by molar-refractivity contribution is -0.142. The molecule has 1 heterocycles. The Hall–Kier alpha value is -1.14. The smallest absolute Gasteiger partial charge is 0.319 e. The van der Waals surface area contributed by atoms with E-state index in [-0.39, 0.29) is 30.9 Å². The minimum atomic E-state index is -0.822. The molecule has 0 saturated carbocycles. The van der Waals surface area contributed by atoms with Crippen LogP contribution in [-0.4, -0.2) is 54.7 Å². The number of esters is 1. The molecule has 3 N–H and O–H groups in total. The summed E-state index contributed by atoms with van der Waals surface area (Å²) in [5.74, 6) is -1.12. The first kappa shape index (κ1) is 12.9. The largest absolute Gasteiger partial charge is 0.481 e. The molecule has 1 fully saturated rings. The van der Waals surface area contributed by atoms with Gasteiger partial charge in [0.1, 0.15) is 0 Å². The summed E-state index contributed by atoms with van der Waals surface area (Å²) in [6.45, 7) is 1.39. The molecule has 0 aromatic carbocycles. The Morgan fingerprint density at radius 2 is 2.19 bits per heavy atom. The Morgan fingerprint density at radius 3 is 2.75 bits per heavy atom. The zero-order valence-electron chi connectivity index (χ0n) is 9.39. The number of aliphatic carboxylic acids is 1. The van der Waals surface area contributed by atoms with Crippen molar-refractivity contribution >= 4 is 11.9 Å². The van der Waals surface area contributed by atoms with Gasteiger partial charge >= 0.3 is 11.9 Å². The molecule has 2 atom stereocenters. The molecule has 1 aliphatic rings. The van der Waals surface area contributed by atoms with E-state index < -0.39 is 5.97 Å². The van der Waals surface area contributed by atoms with Crippen molar-refractivity contribution in [1.29, 1.82) is 0 Å². The van der Waals surface area contributed by atoms with Crippen LogP contribution in [0.1, 0.15) is 12.8 Å². The average Bonchev–Trinajstić information content (AvgIpc) is 2.15. The van der Waals surface area contributed by atoms with E-state index in [2.05, 4.69) is 4.74 Å². The fraction of sp³-hybridized carbons (Fsp3) is 0.800. The van der Waals surface area contributed by atoms with Crippen molar-refractivity contribution < 1.29 is 19.4 Å². The Bertz CT molecular complexity index is 270. The lowest BCUT2D eigenvalue weighted by atomic mass is 9.92. The van der Waals surface area contributed by atoms with Gasteiger partial charge in [-0.3, -0.25) is 14.5 Å². The van der Waals surface area contributed by atoms with Gasteiger partial charge in [-0.05, 0) is 12.3 Å². The molecule has 0 amide bonds. The lowest BCUT2D eigenvalue weighted by Gasteiger charge is -2.34. The molecule has 2 unspecified atom stereocenters. The molecule has 1 aliphatic heterocycles. The number of nitrogens with two attached hydrogens (primary N) is 1. The number of carbonyl (C=O) groups is 2. The summed E-state index contributed by atoms with van der Waals surface area (Å²) >= 11 is 0. The zero-order chi connectivity index (χ0) is 12.1. The topological polar surface area (TPSA) is 92.9 Å². The standard InChI is InChI=1S/C10H18N2O4/c1-16-10(15)6-12-4-7(3-9(13)14)2-8(11)5-12/h7-8H,2-6,11H2,1H3,(H,13,14). The van der Waals surface area contributed by atoms with Gasteiger partial charge in [-0.15, -0.1) is 0 Å². The highest BCUT2D eigenvalue weighted by Crippen LogP contribution is 2.18. The Morgan fingerprint density at radius 1 is 1.50 bits per heavy atom. The summed E-state index contributed by atoms with van der Waals surface area (Å²) in [5, 5.41) is 8.72. The van der Waals surface area contributed by atoms with E-state index >= 15 is 0 Å². The Balaban J connectivity index is 2.47. The molecule has 0 spiro atoms. The van der Waals surface area contributed by atoms with Gasteiger partial charge in [0.05, 0.1) is 13.7 Å². The van der Waals surface area contributed by atoms with Crippen LogP contribution in [-0.2, 0) is 14.3 Å². The summed E-state index contributed by atoms with van der Waals surface area (Å²) in [6, 6.07) is -0.0669. The third-order valence-electron chi connectivity index (χ3n) is 2.69. The Labute approximate surface area is 94.3 Å². The first-order valence-electron chi connectivity index (χ1n) is 5.27. The maximum Gasteiger partial charge on any atom is 0.319 e. The van der Waals surface area contributed by atoms with E-state index in [1.54, 1.807) is 0 Å². The predicted octanol–water partition coefficient (Wildman–Crippen LogP) is -0.717. The van der Waals surface area contributed by atoms with Crippen LogP contribution in [0.4, 0.5) is 0 Å². The predicted molar refractivity (Wildman–Crippen MR) is 56.8 cm³/mol. The Kier molecular flexibility index (Phi) is 4.70. The van der Waals surface area contributed by atoms with Gasteiger partial charge in [0.15, 0.2) is 0 Å². The molecule has 0 aliphatic carbocycles. The van der Waals surface area contributed by atoms with Crippen molar-refractivity contribution in [3.05, 3.63) is 0 Å². The number of methoxy groups -OCH3 is 1. The molecule has 16 heavy (non-hydrogen) atoms. The van der Waals surface area contributed by atoms with Crippen molar-refractivity contribution in [3.8, 4) is 0 Å². The SMILES string of the molecule is COC(=O)CN1CC(N)CC(CC(=O)O)C1. The van der Waals surface area contributed by atoms with Crippen LogP contribution in [0.2, 0.25) is 0 Å². The molecule has 0 aromatic rings. The van der Waals surface area contributed by atoms with Gasteiger partial charge < -0.3 is 15.6 Å². The molecule has 0 radical (unpaired) electrons. The van der Waals surface area contributed by atoms with Crippen LogP contribution in [0.25, 0.3) is 0 Å². The normalized spacial score (nSPS) is 26.4. The quantitative estimate of drug-likeness (QED) is 0.619. The minimum Gasteiger partial charge on any atom is -0.481 e. The molecule has 92 valence electrons. The van der Waals surface area contributed by atoms with Crippen molar-refractivity contribution in [1.82, 2.24) is 4.90 Å². The van der Waals surface area contributed by atoms with Gasteiger partial charge in [-0.2, -0.15) is 0 Å². The summed E-state index contributed by atoms with van der Waals surface area (Å²) in [6.07, 6.45) is 0.801. The molecular formula is C10H18N2O4. The number of nitrogens with zero attached hydrogens (tertiary/aromatic N) is 1. The van der Waals surface area contributed by atoms with Gasteiger partial charge in [-0.25, -0.2) is 0 Å². The first-order valence-corrected chi connectivity index (χ1v) is 5.27. The fourth-order valence-electron chi connectivity index (χ4n) is 2.12. The highest BCUT2D eigenvalue weighted by Gasteiger charge is 2.27. The molecule has 1 saturated heterocycles. The van der Waals surface area contributed by atoms with Crippen LogP contribution in [0.3, 0.4) is 0 Å². The van der Waals surface area contributed by atoms with Gasteiger partial charge in [0.25, 0.3) is 0 Å². The second-order valence-electron chi connectivity index (χ2n) is 4.23. The van der Waals surface area contributed by atoms with Crippen molar-refractivity contribution in [2.24, 2.45) is 11.7 Å². The van der Waals surface area contributed by atoms with E-state index in [4.69, 9.17) is 10.8 Å². The molecular weight excluding hydrogens is 212 g/mol. The third-order valence-corrected chi connectivity index (χ3v) is 2.69. The van der Waals surface area contributed by atoms with Gasteiger partial charge in [0.2, 0.25) is 0 Å². The number of carboxylic acid groups (broad SMARTS) is 1. The minimum absolute atomic E-state index is 0.0194. The molecule has 0 aromatic heterocycles. The highest BCUT2D eigenvalue weighted by atomic mass is 16.5. The molecule has 1 rings (SSSR count). The highest BCUT2D eigenvalue weighted by molar-refractivity contribution is 5.71. The van der Waals surface area contributed by atoms with Crippen molar-refractivity contribution in [2.45, 2.75) is 18.9 Å². The maximum absolute atomic E-state index is 11.1. The second kappa shape index (κ2) is 5.81. The van der Waals surface area contributed by atoms with E-state index in [1.165, 1.54) is 7.11 Å². The molecule has 6 heteroatoms. The summed E-state index contributed by atoms with van der Waals surface area (Å²) in [4.78, 5) is 23.6. The van der Waals surface area contributed by atoms with Crippen molar-refractivity contribution in [2.75, 3.05) is 26.7 Å². The fourth-order valence-corrected chi connectivity index (χ4v) is 2.12. The van der Waals surface area contributed by atoms with Crippen molar-refractivity contribution in [3.63, 3.8) is 0 Å². The number of ether oxygens (including phenoxy) is 1. The van der Waals surface area contributed by atoms with Crippen LogP contribution in [0.5, 0.6) is 0 Å². The monoisotopic (exact) mass is 230 g/mol. The zero-order valence-corrected chi connectivity index (χ0v) is 9.39. The van der Waals surface area contributed by atoms with Gasteiger partial charge in [-0.1, -0.05) is 0 Å². The van der Waals surface area contributed by atoms with Crippen LogP contribution >= 0.6 is 0 Å². The summed E-state index contributed by atoms with van der Waals surface area (Å²) in [5.41, 5.74) is 5.82. The van der Waals surface area contributed by atoms with Gasteiger partial charge in [0, 0.05) is 25.6 Å². The number of likely N-dealkylation sites (tertiary alicyclic amines) is 1. The summed E-state index contributed by atoms with van der Waals surface area (Å²) < 4.78 is 4.57. The molecule has 6 nitrogen and oxygen atoms in total. The van der Waals surface area contributed by atoms with Crippen LogP contribution < -0.4 is 5.73 Å². The van der Waals surface area contributed by atoms with Crippen LogP contribution in [0, 0.1) is 5.92 Å². The number of piperidine rings is 1. The average molecular weight is 230 g/mol. The number of hydrogen-bond donors (Lipinski definition) is 2. The lowest BCUT2D eigenvalue weighted by Crippen LogP contribution is -2.49. The number of carboxylic acids is 1. The number of hydrogen-bond acceptors (Lipinski definition) is 5. The maximum atomic E-state index is 11.1. The van der Waals surface area contributed by atoms with E-state index in [1.807, 2.05) is 4.90 Å². The number of carbonyl (C=O) groups excluding carboxylic acids is 1. The van der Waals surface area contributed by atoms with E-state index in [9.17, 15) is 9.59 Å². The van der Waals surface area contributed by atoms with E-state index in [0.717, 1.165) is 0 Å². The number of rotatable bonds is 4. The van der Waals surface area contributed by atoms with Crippen LogP contribution in [0.15, 0.2) is 0 Å². The second-order valence-corrected chi connectivity index (χ2v) is 4.23.